The van der Waals surface area contributed by atoms with Gasteiger partial charge in [-0.3, -0.25) is 4.90 Å². The number of nitrogens with zero attached hydrogens (tertiary/aromatic N) is 1. The summed E-state index contributed by atoms with van der Waals surface area (Å²) in [5.74, 6) is 0. The number of fused-ring (bicyclic) bond motifs is 1. The second-order valence-corrected chi connectivity index (χ2v) is 4.09. The van der Waals surface area contributed by atoms with E-state index in [0.717, 1.165) is 26.1 Å². The van der Waals surface area contributed by atoms with Crippen molar-refractivity contribution in [3.05, 3.63) is 29.3 Å². The van der Waals surface area contributed by atoms with E-state index in [1.165, 1.54) is 16.8 Å². The van der Waals surface area contributed by atoms with Gasteiger partial charge in [0.2, 0.25) is 0 Å². The van der Waals surface area contributed by atoms with Gasteiger partial charge in [0.15, 0.2) is 0 Å². The predicted molar refractivity (Wildman–Crippen MR) is 62.1 cm³/mol. The van der Waals surface area contributed by atoms with Crippen molar-refractivity contribution in [3.8, 4) is 0 Å². The molecule has 0 fully saturated rings. The van der Waals surface area contributed by atoms with Crippen LogP contribution in [0, 0.1) is 0 Å². The van der Waals surface area contributed by atoms with E-state index < -0.39 is 0 Å². The molecule has 0 saturated heterocycles. The Bertz CT molecular complexity index is 338. The van der Waals surface area contributed by atoms with Crippen molar-refractivity contribution in [2.24, 2.45) is 0 Å². The highest BCUT2D eigenvalue weighted by atomic mass is 16.3. The van der Waals surface area contributed by atoms with Crippen molar-refractivity contribution >= 4 is 5.69 Å². The molecule has 1 aliphatic heterocycles. The van der Waals surface area contributed by atoms with Gasteiger partial charge in [0.05, 0.1) is 6.61 Å². The molecule has 1 aromatic rings. The molecule has 0 amide bonds. The molecule has 3 heteroatoms. The molecular weight excluding hydrogens is 188 g/mol. The lowest BCUT2D eigenvalue weighted by atomic mass is 10.1. The first kappa shape index (κ1) is 10.5. The molecule has 2 N–H and O–H groups in total. The smallest absolute Gasteiger partial charge is 0.0558 e. The number of para-hydroxylation sites is 1. The monoisotopic (exact) mass is 206 g/mol. The minimum atomic E-state index is 0.221. The first-order valence-corrected chi connectivity index (χ1v) is 5.45. The number of benzene rings is 1. The van der Waals surface area contributed by atoms with Gasteiger partial charge >= 0.3 is 0 Å². The summed E-state index contributed by atoms with van der Waals surface area (Å²) in [7, 11) is 2.03. The maximum Gasteiger partial charge on any atom is 0.0558 e. The van der Waals surface area contributed by atoms with Crippen LogP contribution in [0.2, 0.25) is 0 Å². The summed E-state index contributed by atoms with van der Waals surface area (Å²) >= 11 is 0. The van der Waals surface area contributed by atoms with Gasteiger partial charge in [-0.1, -0.05) is 18.2 Å². The van der Waals surface area contributed by atoms with Crippen LogP contribution >= 0.6 is 0 Å². The van der Waals surface area contributed by atoms with Crippen molar-refractivity contribution in [3.63, 3.8) is 0 Å². The molecular formula is C12H18N2O. The number of anilines is 1. The fourth-order valence-corrected chi connectivity index (χ4v) is 2.08. The van der Waals surface area contributed by atoms with Crippen LogP contribution < -0.4 is 5.32 Å². The molecule has 0 aliphatic carbocycles. The highest BCUT2D eigenvalue weighted by Gasteiger charge is 2.14. The Morgan fingerprint density at radius 3 is 3.13 bits per heavy atom. The molecule has 1 aliphatic rings. The molecule has 0 bridgehead atoms. The molecule has 1 heterocycles. The molecule has 82 valence electrons. The number of likely N-dealkylation sites (N-methyl/N-ethyl adjacent to an activating group) is 1. The Balaban J connectivity index is 2.11. The lowest BCUT2D eigenvalue weighted by Crippen LogP contribution is -2.21. The lowest BCUT2D eigenvalue weighted by molar-refractivity contribution is 0.217. The number of aliphatic hydroxyl groups excluding tert-OH is 1. The van der Waals surface area contributed by atoms with E-state index in [1.807, 2.05) is 7.05 Å². The second kappa shape index (κ2) is 4.64. The van der Waals surface area contributed by atoms with Gasteiger partial charge < -0.3 is 10.4 Å². The summed E-state index contributed by atoms with van der Waals surface area (Å²) in [5.41, 5.74) is 4.06. The van der Waals surface area contributed by atoms with Gasteiger partial charge in [-0.2, -0.15) is 0 Å². The van der Waals surface area contributed by atoms with Gasteiger partial charge in [-0.25, -0.2) is 0 Å². The van der Waals surface area contributed by atoms with Crippen molar-refractivity contribution in [2.75, 3.05) is 32.1 Å². The molecule has 2 rings (SSSR count). The molecule has 3 nitrogen and oxygen atoms in total. The highest BCUT2D eigenvalue weighted by molar-refractivity contribution is 5.61. The van der Waals surface area contributed by atoms with E-state index >= 15 is 0 Å². The standard InChI is InChI=1S/C12H18N2O/c1-14(7-8-15)9-11-4-2-3-10-5-6-13-12(10)11/h2-4,13,15H,5-9H2,1H3. The quantitative estimate of drug-likeness (QED) is 0.774. The summed E-state index contributed by atoms with van der Waals surface area (Å²) in [6.45, 7) is 2.90. The van der Waals surface area contributed by atoms with E-state index in [1.54, 1.807) is 0 Å². The summed E-state index contributed by atoms with van der Waals surface area (Å²) < 4.78 is 0. The minimum Gasteiger partial charge on any atom is -0.395 e. The van der Waals surface area contributed by atoms with E-state index in [4.69, 9.17) is 5.11 Å². The van der Waals surface area contributed by atoms with E-state index in [-0.39, 0.29) is 6.61 Å². The fourth-order valence-electron chi connectivity index (χ4n) is 2.08. The molecule has 15 heavy (non-hydrogen) atoms. The molecule has 1 aromatic carbocycles. The predicted octanol–water partition coefficient (Wildman–Crippen LogP) is 1.08. The minimum absolute atomic E-state index is 0.221. The van der Waals surface area contributed by atoms with E-state index in [0.29, 0.717) is 0 Å². The average molecular weight is 206 g/mol. The Labute approximate surface area is 90.7 Å². The van der Waals surface area contributed by atoms with E-state index in [9.17, 15) is 0 Å². The van der Waals surface area contributed by atoms with Crippen LogP contribution in [-0.4, -0.2) is 36.8 Å². The summed E-state index contributed by atoms with van der Waals surface area (Å²) in [5, 5.41) is 12.3. The summed E-state index contributed by atoms with van der Waals surface area (Å²) in [4.78, 5) is 2.13. The molecule has 0 aromatic heterocycles. The third-order valence-electron chi connectivity index (χ3n) is 2.86. The van der Waals surface area contributed by atoms with Crippen molar-refractivity contribution in [1.82, 2.24) is 4.90 Å². The van der Waals surface area contributed by atoms with Crippen LogP contribution in [0.5, 0.6) is 0 Å². The zero-order valence-electron chi connectivity index (χ0n) is 9.16. The van der Waals surface area contributed by atoms with Crippen molar-refractivity contribution in [1.29, 1.82) is 0 Å². The maximum atomic E-state index is 8.85. The number of aliphatic hydroxyl groups is 1. The molecule has 0 radical (unpaired) electrons. The van der Waals surface area contributed by atoms with Gasteiger partial charge in [-0.05, 0) is 24.6 Å². The Hall–Kier alpha value is -1.06. The van der Waals surface area contributed by atoms with Crippen LogP contribution in [0.25, 0.3) is 0 Å². The summed E-state index contributed by atoms with van der Waals surface area (Å²) in [6, 6.07) is 6.46. The Morgan fingerprint density at radius 1 is 1.47 bits per heavy atom. The molecule has 0 unspecified atom stereocenters. The zero-order valence-corrected chi connectivity index (χ0v) is 9.16. The third kappa shape index (κ3) is 2.30. The number of hydrogen-bond donors (Lipinski definition) is 2. The molecule has 0 atom stereocenters. The maximum absolute atomic E-state index is 8.85. The molecule has 0 saturated carbocycles. The van der Waals surface area contributed by atoms with Gasteiger partial charge in [0.1, 0.15) is 0 Å². The van der Waals surface area contributed by atoms with Crippen molar-refractivity contribution in [2.45, 2.75) is 13.0 Å². The SMILES string of the molecule is CN(CCO)Cc1cccc2c1NCC2. The van der Waals surface area contributed by atoms with Gasteiger partial charge in [0.25, 0.3) is 0 Å². The lowest BCUT2D eigenvalue weighted by Gasteiger charge is -2.17. The van der Waals surface area contributed by atoms with Crippen LogP contribution in [0.4, 0.5) is 5.69 Å². The molecule has 0 spiro atoms. The van der Waals surface area contributed by atoms with E-state index in [2.05, 4.69) is 28.4 Å². The van der Waals surface area contributed by atoms with Crippen LogP contribution in [0.3, 0.4) is 0 Å². The second-order valence-electron chi connectivity index (χ2n) is 4.09. The third-order valence-corrected chi connectivity index (χ3v) is 2.86. The Kier molecular flexibility index (Phi) is 3.23. The fraction of sp³-hybridized carbons (Fsp3) is 0.500. The first-order chi connectivity index (χ1) is 7.31. The topological polar surface area (TPSA) is 35.5 Å². The highest BCUT2D eigenvalue weighted by Crippen LogP contribution is 2.26. The average Bonchev–Trinajstić information content (AvgIpc) is 2.67. The number of hydrogen-bond acceptors (Lipinski definition) is 3. The van der Waals surface area contributed by atoms with Gasteiger partial charge in [-0.15, -0.1) is 0 Å². The normalized spacial score (nSPS) is 14.1. The van der Waals surface area contributed by atoms with Crippen LogP contribution in [0.1, 0.15) is 11.1 Å². The first-order valence-electron chi connectivity index (χ1n) is 5.45. The van der Waals surface area contributed by atoms with Crippen LogP contribution in [0.15, 0.2) is 18.2 Å². The van der Waals surface area contributed by atoms with Crippen molar-refractivity contribution < 1.29 is 5.11 Å². The van der Waals surface area contributed by atoms with Gasteiger partial charge in [0, 0.05) is 25.3 Å². The summed E-state index contributed by atoms with van der Waals surface area (Å²) in [6.07, 6.45) is 1.13. The number of rotatable bonds is 4. The number of nitrogens with one attached hydrogen (secondary N) is 1. The largest absolute Gasteiger partial charge is 0.395 e. The Morgan fingerprint density at radius 2 is 2.33 bits per heavy atom. The van der Waals surface area contributed by atoms with Crippen LogP contribution in [-0.2, 0) is 13.0 Å². The zero-order chi connectivity index (χ0) is 10.7.